The van der Waals surface area contributed by atoms with E-state index in [1.54, 1.807) is 7.05 Å². The predicted molar refractivity (Wildman–Crippen MR) is 69.6 cm³/mol. The van der Waals surface area contributed by atoms with Crippen molar-refractivity contribution in [2.75, 3.05) is 19.0 Å². The number of rotatable bonds is 5. The number of carbonyl (C=O) groups is 1. The molecule has 1 amide bonds. The van der Waals surface area contributed by atoms with Crippen LogP contribution in [-0.4, -0.2) is 36.7 Å². The number of nitrogens with zero attached hydrogens (tertiary/aromatic N) is 1. The Morgan fingerprint density at radius 3 is 2.95 bits per heavy atom. The molecule has 0 radical (unpaired) electrons. The van der Waals surface area contributed by atoms with Crippen LogP contribution in [0.5, 0.6) is 0 Å². The molecular formula is C13H18FN3O2. The van der Waals surface area contributed by atoms with Crippen LogP contribution in [0.2, 0.25) is 0 Å². The SMILES string of the molecule is CCOC1CC(NC(=O)c2cc(F)cnc2NC)C1. The summed E-state index contributed by atoms with van der Waals surface area (Å²) in [6.07, 6.45) is 2.91. The molecule has 0 bridgehead atoms. The summed E-state index contributed by atoms with van der Waals surface area (Å²) >= 11 is 0. The second-order valence-corrected chi connectivity index (χ2v) is 4.52. The van der Waals surface area contributed by atoms with Crippen molar-refractivity contribution >= 4 is 11.7 Å². The van der Waals surface area contributed by atoms with E-state index in [-0.39, 0.29) is 23.6 Å². The first kappa shape index (κ1) is 13.7. The fraction of sp³-hybridized carbons (Fsp3) is 0.538. The molecule has 1 aromatic rings. The first-order chi connectivity index (χ1) is 9.13. The molecule has 1 fully saturated rings. The average Bonchev–Trinajstić information content (AvgIpc) is 2.36. The Morgan fingerprint density at radius 1 is 1.58 bits per heavy atom. The van der Waals surface area contributed by atoms with Gasteiger partial charge in [-0.1, -0.05) is 0 Å². The van der Waals surface area contributed by atoms with E-state index in [9.17, 15) is 9.18 Å². The van der Waals surface area contributed by atoms with E-state index in [0.29, 0.717) is 12.4 Å². The van der Waals surface area contributed by atoms with Crippen molar-refractivity contribution < 1.29 is 13.9 Å². The molecule has 6 heteroatoms. The summed E-state index contributed by atoms with van der Waals surface area (Å²) in [5.41, 5.74) is 0.224. The highest BCUT2D eigenvalue weighted by atomic mass is 19.1. The predicted octanol–water partition coefficient (Wildman–Crippen LogP) is 1.56. The highest BCUT2D eigenvalue weighted by molar-refractivity contribution is 5.98. The lowest BCUT2D eigenvalue weighted by atomic mass is 9.89. The third-order valence-corrected chi connectivity index (χ3v) is 3.17. The minimum atomic E-state index is -0.523. The number of aromatic nitrogens is 1. The summed E-state index contributed by atoms with van der Waals surface area (Å²) in [7, 11) is 1.64. The molecule has 1 aliphatic rings. The van der Waals surface area contributed by atoms with Gasteiger partial charge in [-0.25, -0.2) is 9.37 Å². The van der Waals surface area contributed by atoms with Gasteiger partial charge in [0.2, 0.25) is 0 Å². The Kier molecular flexibility index (Phi) is 4.31. The van der Waals surface area contributed by atoms with Gasteiger partial charge in [0.25, 0.3) is 5.91 Å². The maximum absolute atomic E-state index is 13.1. The molecule has 0 spiro atoms. The Morgan fingerprint density at radius 2 is 2.32 bits per heavy atom. The zero-order valence-corrected chi connectivity index (χ0v) is 11.1. The Labute approximate surface area is 111 Å². The average molecular weight is 267 g/mol. The molecule has 2 N–H and O–H groups in total. The van der Waals surface area contributed by atoms with Crippen molar-refractivity contribution in [3.05, 3.63) is 23.6 Å². The molecule has 0 atom stereocenters. The molecule has 1 aliphatic carbocycles. The van der Waals surface area contributed by atoms with Gasteiger partial charge in [-0.05, 0) is 25.8 Å². The van der Waals surface area contributed by atoms with Crippen LogP contribution in [0.1, 0.15) is 30.1 Å². The van der Waals surface area contributed by atoms with Gasteiger partial charge in [0.05, 0.1) is 17.9 Å². The molecule has 1 saturated carbocycles. The third-order valence-electron chi connectivity index (χ3n) is 3.17. The number of ether oxygens (including phenoxy) is 1. The quantitative estimate of drug-likeness (QED) is 0.850. The van der Waals surface area contributed by atoms with Crippen LogP contribution in [0.3, 0.4) is 0 Å². The van der Waals surface area contributed by atoms with Crippen molar-refractivity contribution in [3.8, 4) is 0 Å². The van der Waals surface area contributed by atoms with Crippen molar-refractivity contribution in [2.24, 2.45) is 0 Å². The number of hydrogen-bond acceptors (Lipinski definition) is 4. The molecule has 0 unspecified atom stereocenters. The highest BCUT2D eigenvalue weighted by Crippen LogP contribution is 2.24. The fourth-order valence-corrected chi connectivity index (χ4v) is 2.13. The Bertz CT molecular complexity index is 461. The smallest absolute Gasteiger partial charge is 0.255 e. The van der Waals surface area contributed by atoms with Crippen LogP contribution in [0, 0.1) is 5.82 Å². The lowest BCUT2D eigenvalue weighted by Gasteiger charge is -2.35. The number of nitrogens with one attached hydrogen (secondary N) is 2. The first-order valence-corrected chi connectivity index (χ1v) is 6.39. The summed E-state index contributed by atoms with van der Waals surface area (Å²) in [6, 6.07) is 1.28. The second-order valence-electron chi connectivity index (χ2n) is 4.52. The molecule has 0 saturated heterocycles. The van der Waals surface area contributed by atoms with E-state index in [2.05, 4.69) is 15.6 Å². The molecule has 104 valence electrons. The van der Waals surface area contributed by atoms with Crippen LogP contribution in [0.25, 0.3) is 0 Å². The van der Waals surface area contributed by atoms with Crippen LogP contribution in [-0.2, 0) is 4.74 Å². The monoisotopic (exact) mass is 267 g/mol. The van der Waals surface area contributed by atoms with E-state index in [0.717, 1.165) is 19.0 Å². The van der Waals surface area contributed by atoms with Crippen molar-refractivity contribution in [1.29, 1.82) is 0 Å². The van der Waals surface area contributed by atoms with Crippen LogP contribution in [0.15, 0.2) is 12.3 Å². The minimum Gasteiger partial charge on any atom is -0.378 e. The number of hydrogen-bond donors (Lipinski definition) is 2. The zero-order chi connectivity index (χ0) is 13.8. The summed E-state index contributed by atoms with van der Waals surface area (Å²) in [5, 5.41) is 5.64. The van der Waals surface area contributed by atoms with E-state index in [1.165, 1.54) is 6.07 Å². The van der Waals surface area contributed by atoms with Gasteiger partial charge in [0.1, 0.15) is 11.6 Å². The van der Waals surface area contributed by atoms with E-state index < -0.39 is 5.82 Å². The summed E-state index contributed by atoms with van der Waals surface area (Å²) in [4.78, 5) is 15.9. The number of amides is 1. The molecule has 1 heterocycles. The molecule has 5 nitrogen and oxygen atoms in total. The largest absolute Gasteiger partial charge is 0.378 e. The van der Waals surface area contributed by atoms with E-state index >= 15 is 0 Å². The van der Waals surface area contributed by atoms with Crippen molar-refractivity contribution in [2.45, 2.75) is 31.9 Å². The molecule has 0 aromatic carbocycles. The normalized spacial score (nSPS) is 21.6. The highest BCUT2D eigenvalue weighted by Gasteiger charge is 2.31. The van der Waals surface area contributed by atoms with Crippen LogP contribution in [0.4, 0.5) is 10.2 Å². The number of pyridine rings is 1. The topological polar surface area (TPSA) is 63.2 Å². The summed E-state index contributed by atoms with van der Waals surface area (Å²) in [6.45, 7) is 2.63. The van der Waals surface area contributed by atoms with Crippen LogP contribution < -0.4 is 10.6 Å². The summed E-state index contributed by atoms with van der Waals surface area (Å²) < 4.78 is 18.6. The van der Waals surface area contributed by atoms with Gasteiger partial charge in [0, 0.05) is 19.7 Å². The molecule has 2 rings (SSSR count). The number of halogens is 1. The van der Waals surface area contributed by atoms with Crippen LogP contribution >= 0.6 is 0 Å². The molecule has 0 aliphatic heterocycles. The first-order valence-electron chi connectivity index (χ1n) is 6.39. The third kappa shape index (κ3) is 3.20. The fourth-order valence-electron chi connectivity index (χ4n) is 2.13. The van der Waals surface area contributed by atoms with Gasteiger partial charge in [-0.15, -0.1) is 0 Å². The van der Waals surface area contributed by atoms with Gasteiger partial charge in [0.15, 0.2) is 0 Å². The maximum Gasteiger partial charge on any atom is 0.255 e. The van der Waals surface area contributed by atoms with E-state index in [1.807, 2.05) is 6.92 Å². The Balaban J connectivity index is 1.95. The standard InChI is InChI=1S/C13H18FN3O2/c1-3-19-10-5-9(6-10)17-13(18)11-4-8(14)7-16-12(11)15-2/h4,7,9-10H,3,5-6H2,1-2H3,(H,15,16)(H,17,18). The van der Waals surface area contributed by atoms with E-state index in [4.69, 9.17) is 4.74 Å². The minimum absolute atomic E-state index is 0.0945. The number of carbonyl (C=O) groups excluding carboxylic acids is 1. The summed E-state index contributed by atoms with van der Waals surface area (Å²) in [5.74, 6) is -0.458. The maximum atomic E-state index is 13.1. The van der Waals surface area contributed by atoms with Gasteiger partial charge in [-0.2, -0.15) is 0 Å². The molecule has 19 heavy (non-hydrogen) atoms. The second kappa shape index (κ2) is 5.97. The van der Waals surface area contributed by atoms with Gasteiger partial charge < -0.3 is 15.4 Å². The van der Waals surface area contributed by atoms with Crippen molar-refractivity contribution in [1.82, 2.24) is 10.3 Å². The lowest BCUT2D eigenvalue weighted by Crippen LogP contribution is -2.48. The molecular weight excluding hydrogens is 249 g/mol. The zero-order valence-electron chi connectivity index (χ0n) is 11.1. The molecule has 1 aromatic heterocycles. The lowest BCUT2D eigenvalue weighted by molar-refractivity contribution is -0.00862. The van der Waals surface area contributed by atoms with Gasteiger partial charge in [-0.3, -0.25) is 4.79 Å². The number of anilines is 1. The van der Waals surface area contributed by atoms with Gasteiger partial charge >= 0.3 is 0 Å². The van der Waals surface area contributed by atoms with Crippen molar-refractivity contribution in [3.63, 3.8) is 0 Å². The Hall–Kier alpha value is -1.69.